The molecule has 1 amide bonds. The van der Waals surface area contributed by atoms with Gasteiger partial charge in [0.15, 0.2) is 0 Å². The molecular formula is C11H18N2OS. The second-order valence-corrected chi connectivity index (χ2v) is 4.85. The first kappa shape index (κ1) is 12.2. The van der Waals surface area contributed by atoms with Crippen molar-refractivity contribution in [3.05, 3.63) is 21.9 Å². The molecule has 0 aliphatic carbocycles. The summed E-state index contributed by atoms with van der Waals surface area (Å²) in [6, 6.07) is 2.27. The third-order valence-corrected chi connectivity index (χ3v) is 3.41. The van der Waals surface area contributed by atoms with E-state index in [4.69, 9.17) is 5.73 Å². The number of carbonyl (C=O) groups is 1. The number of thiophene rings is 1. The third-order valence-electron chi connectivity index (χ3n) is 2.40. The van der Waals surface area contributed by atoms with Gasteiger partial charge in [0.05, 0.1) is 13.1 Å². The van der Waals surface area contributed by atoms with E-state index >= 15 is 0 Å². The van der Waals surface area contributed by atoms with Crippen LogP contribution in [0.1, 0.15) is 24.3 Å². The predicted molar refractivity (Wildman–Crippen MR) is 63.8 cm³/mol. The van der Waals surface area contributed by atoms with Crippen LogP contribution in [0.4, 0.5) is 0 Å². The minimum absolute atomic E-state index is 0.0119. The molecule has 3 nitrogen and oxygen atoms in total. The van der Waals surface area contributed by atoms with Gasteiger partial charge in [-0.3, -0.25) is 4.79 Å². The Morgan fingerprint density at radius 2 is 2.27 bits per heavy atom. The number of nitrogens with two attached hydrogens (primary N) is 1. The predicted octanol–water partition coefficient (Wildman–Crippen LogP) is 1.75. The minimum atomic E-state index is 0.0119. The lowest BCUT2D eigenvalue weighted by molar-refractivity contribution is -0.131. The van der Waals surface area contributed by atoms with E-state index < -0.39 is 0 Å². The van der Waals surface area contributed by atoms with Gasteiger partial charge in [0.2, 0.25) is 5.91 Å². The van der Waals surface area contributed by atoms with Crippen LogP contribution in [0.3, 0.4) is 0 Å². The second kappa shape index (κ2) is 5.28. The molecule has 0 spiro atoms. The van der Waals surface area contributed by atoms with Crippen molar-refractivity contribution in [2.45, 2.75) is 33.4 Å². The maximum absolute atomic E-state index is 11.6. The number of nitrogens with zero attached hydrogens (tertiary/aromatic N) is 1. The second-order valence-electron chi connectivity index (χ2n) is 3.85. The van der Waals surface area contributed by atoms with Crippen LogP contribution < -0.4 is 5.73 Å². The fourth-order valence-corrected chi connectivity index (χ4v) is 2.30. The minimum Gasteiger partial charge on any atom is -0.334 e. The normalized spacial score (nSPS) is 10.7. The van der Waals surface area contributed by atoms with Crippen LogP contribution in [0, 0.1) is 6.92 Å². The summed E-state index contributed by atoms with van der Waals surface area (Å²) in [4.78, 5) is 14.7. The van der Waals surface area contributed by atoms with Crippen LogP contribution in [0.25, 0.3) is 0 Å². The molecule has 0 atom stereocenters. The quantitative estimate of drug-likeness (QED) is 0.850. The lowest BCUT2D eigenvalue weighted by Crippen LogP contribution is -2.40. The summed E-state index contributed by atoms with van der Waals surface area (Å²) in [5, 5.41) is 2.05. The van der Waals surface area contributed by atoms with E-state index in [1.807, 2.05) is 18.7 Å². The monoisotopic (exact) mass is 226 g/mol. The van der Waals surface area contributed by atoms with Gasteiger partial charge in [0.1, 0.15) is 0 Å². The highest BCUT2D eigenvalue weighted by atomic mass is 32.1. The van der Waals surface area contributed by atoms with Crippen LogP contribution in [0.2, 0.25) is 0 Å². The molecular weight excluding hydrogens is 208 g/mol. The zero-order valence-electron chi connectivity index (χ0n) is 9.49. The van der Waals surface area contributed by atoms with Crippen molar-refractivity contribution in [2.24, 2.45) is 5.73 Å². The summed E-state index contributed by atoms with van der Waals surface area (Å²) >= 11 is 1.69. The van der Waals surface area contributed by atoms with Gasteiger partial charge in [-0.1, -0.05) is 0 Å². The van der Waals surface area contributed by atoms with Gasteiger partial charge in [-0.25, -0.2) is 0 Å². The Morgan fingerprint density at radius 3 is 2.67 bits per heavy atom. The lowest BCUT2D eigenvalue weighted by Gasteiger charge is -2.26. The van der Waals surface area contributed by atoms with Crippen molar-refractivity contribution in [2.75, 3.05) is 6.54 Å². The molecule has 0 aromatic carbocycles. The third kappa shape index (κ3) is 3.04. The first-order chi connectivity index (χ1) is 7.06. The van der Waals surface area contributed by atoms with E-state index in [2.05, 4.69) is 18.4 Å². The fraction of sp³-hybridized carbons (Fsp3) is 0.545. The van der Waals surface area contributed by atoms with E-state index in [9.17, 15) is 4.79 Å². The molecule has 0 aliphatic rings. The Bertz CT molecular complexity index is 333. The molecule has 1 heterocycles. The first-order valence-corrected chi connectivity index (χ1v) is 5.96. The molecule has 0 aliphatic heterocycles. The highest BCUT2D eigenvalue weighted by Crippen LogP contribution is 2.18. The van der Waals surface area contributed by atoms with Crippen LogP contribution >= 0.6 is 11.3 Å². The molecule has 1 aromatic rings. The Hall–Kier alpha value is -0.870. The Balaban J connectivity index is 2.76. The molecule has 0 bridgehead atoms. The average molecular weight is 226 g/mol. The zero-order valence-corrected chi connectivity index (χ0v) is 10.3. The van der Waals surface area contributed by atoms with Gasteiger partial charge in [-0.05, 0) is 37.8 Å². The molecule has 0 unspecified atom stereocenters. The van der Waals surface area contributed by atoms with E-state index in [1.165, 1.54) is 10.4 Å². The Morgan fingerprint density at radius 1 is 1.60 bits per heavy atom. The zero-order chi connectivity index (χ0) is 11.4. The lowest BCUT2D eigenvalue weighted by atomic mass is 10.2. The topological polar surface area (TPSA) is 46.3 Å². The van der Waals surface area contributed by atoms with Gasteiger partial charge in [0.25, 0.3) is 0 Å². The van der Waals surface area contributed by atoms with E-state index in [1.54, 1.807) is 11.3 Å². The highest BCUT2D eigenvalue weighted by Gasteiger charge is 2.16. The largest absolute Gasteiger partial charge is 0.334 e. The van der Waals surface area contributed by atoms with Crippen LogP contribution in [0.5, 0.6) is 0 Å². The standard InChI is InChI=1S/C11H18N2OS/c1-8(2)13(11(14)6-12)7-10-9(3)4-5-15-10/h4-5,8H,6-7,12H2,1-3H3. The summed E-state index contributed by atoms with van der Waals surface area (Å²) in [5.41, 5.74) is 6.64. The molecule has 0 radical (unpaired) electrons. The van der Waals surface area contributed by atoms with Gasteiger partial charge >= 0.3 is 0 Å². The molecule has 2 N–H and O–H groups in total. The molecule has 0 saturated carbocycles. The van der Waals surface area contributed by atoms with Crippen LogP contribution in [0.15, 0.2) is 11.4 Å². The van der Waals surface area contributed by atoms with Crippen molar-refractivity contribution in [3.8, 4) is 0 Å². The maximum Gasteiger partial charge on any atom is 0.236 e. The number of hydrogen-bond acceptors (Lipinski definition) is 3. The smallest absolute Gasteiger partial charge is 0.236 e. The number of amides is 1. The molecule has 1 rings (SSSR count). The van der Waals surface area contributed by atoms with Gasteiger partial charge < -0.3 is 10.6 Å². The van der Waals surface area contributed by atoms with Crippen molar-refractivity contribution in [3.63, 3.8) is 0 Å². The summed E-state index contributed by atoms with van der Waals surface area (Å²) in [6.07, 6.45) is 0. The highest BCUT2D eigenvalue weighted by molar-refractivity contribution is 7.10. The van der Waals surface area contributed by atoms with E-state index in [0.717, 1.165) is 0 Å². The van der Waals surface area contributed by atoms with Crippen LogP contribution in [-0.4, -0.2) is 23.4 Å². The van der Waals surface area contributed by atoms with Crippen LogP contribution in [-0.2, 0) is 11.3 Å². The summed E-state index contributed by atoms with van der Waals surface area (Å²) in [6.45, 7) is 6.85. The van der Waals surface area contributed by atoms with Crippen molar-refractivity contribution in [1.82, 2.24) is 4.90 Å². The fourth-order valence-electron chi connectivity index (χ4n) is 1.40. The molecule has 0 fully saturated rings. The summed E-state index contributed by atoms with van der Waals surface area (Å²) in [5.74, 6) is 0.0119. The first-order valence-electron chi connectivity index (χ1n) is 5.08. The number of carbonyl (C=O) groups excluding carboxylic acids is 1. The van der Waals surface area contributed by atoms with E-state index in [0.29, 0.717) is 6.54 Å². The Labute approximate surface area is 94.9 Å². The number of rotatable bonds is 4. The SMILES string of the molecule is Cc1ccsc1CN(C(=O)CN)C(C)C. The maximum atomic E-state index is 11.6. The Kier molecular flexibility index (Phi) is 4.29. The summed E-state index contributed by atoms with van der Waals surface area (Å²) in [7, 11) is 0. The van der Waals surface area contributed by atoms with Crippen molar-refractivity contribution >= 4 is 17.2 Å². The molecule has 0 saturated heterocycles. The van der Waals surface area contributed by atoms with Gasteiger partial charge in [-0.2, -0.15) is 0 Å². The molecule has 15 heavy (non-hydrogen) atoms. The average Bonchev–Trinajstić information content (AvgIpc) is 2.59. The number of aryl methyl sites for hydroxylation is 1. The summed E-state index contributed by atoms with van der Waals surface area (Å²) < 4.78 is 0. The molecule has 84 valence electrons. The van der Waals surface area contributed by atoms with Crippen molar-refractivity contribution in [1.29, 1.82) is 0 Å². The molecule has 4 heteroatoms. The van der Waals surface area contributed by atoms with E-state index in [-0.39, 0.29) is 18.5 Å². The van der Waals surface area contributed by atoms with Gasteiger partial charge in [-0.15, -0.1) is 11.3 Å². The van der Waals surface area contributed by atoms with Gasteiger partial charge in [0, 0.05) is 10.9 Å². The molecule has 1 aromatic heterocycles. The van der Waals surface area contributed by atoms with Crippen molar-refractivity contribution < 1.29 is 4.79 Å². The number of hydrogen-bond donors (Lipinski definition) is 1.